The Bertz CT molecular complexity index is 664. The molecule has 2 aromatic carbocycles. The second kappa shape index (κ2) is 4.99. The Labute approximate surface area is 112 Å². The molecule has 1 aliphatic rings. The lowest BCUT2D eigenvalue weighted by Crippen LogP contribution is -2.27. The van der Waals surface area contributed by atoms with Gasteiger partial charge in [-0.3, -0.25) is 4.79 Å². The Hall–Kier alpha value is -2.53. The van der Waals surface area contributed by atoms with Gasteiger partial charge in [-0.05, 0) is 30.2 Å². The number of hydrogen-bond acceptors (Lipinski definition) is 1. The van der Waals surface area contributed by atoms with Gasteiger partial charge in [-0.2, -0.15) is 0 Å². The average molecular weight is 247 g/mol. The van der Waals surface area contributed by atoms with Crippen LogP contribution in [0.2, 0.25) is 0 Å². The molecule has 0 aliphatic carbocycles. The zero-order valence-electron chi connectivity index (χ0n) is 10.5. The highest BCUT2D eigenvalue weighted by molar-refractivity contribution is 6.07. The Balaban J connectivity index is 1.82. The van der Waals surface area contributed by atoms with Crippen LogP contribution >= 0.6 is 0 Å². The van der Waals surface area contributed by atoms with Crippen LogP contribution in [-0.2, 0) is 11.2 Å². The molecule has 0 spiro atoms. The topological polar surface area (TPSA) is 20.3 Å². The van der Waals surface area contributed by atoms with Crippen molar-refractivity contribution in [2.24, 2.45) is 0 Å². The van der Waals surface area contributed by atoms with Gasteiger partial charge in [0.25, 0.3) is 0 Å². The van der Waals surface area contributed by atoms with Gasteiger partial charge >= 0.3 is 5.91 Å². The normalized spacial score (nSPS) is 12.5. The molecule has 3 rings (SSSR count). The first-order valence-electron chi connectivity index (χ1n) is 6.31. The number of fused-ring (bicyclic) bond motifs is 1. The first kappa shape index (κ1) is 11.6. The van der Waals surface area contributed by atoms with Gasteiger partial charge in [0, 0.05) is 23.7 Å². The predicted octanol–water partition coefficient (Wildman–Crippen LogP) is 2.63. The van der Waals surface area contributed by atoms with Gasteiger partial charge in [-0.15, -0.1) is 0 Å². The minimum absolute atomic E-state index is 0.131. The van der Waals surface area contributed by atoms with E-state index in [1.165, 1.54) is 5.56 Å². The van der Waals surface area contributed by atoms with E-state index in [-0.39, 0.29) is 5.91 Å². The molecule has 1 aliphatic heterocycles. The quantitative estimate of drug-likeness (QED) is 0.655. The van der Waals surface area contributed by atoms with Gasteiger partial charge in [-0.1, -0.05) is 42.3 Å². The summed E-state index contributed by atoms with van der Waals surface area (Å²) in [5.41, 5.74) is 3.08. The van der Waals surface area contributed by atoms with Crippen molar-refractivity contribution in [1.29, 1.82) is 0 Å². The van der Waals surface area contributed by atoms with Gasteiger partial charge in [0.1, 0.15) is 0 Å². The summed E-state index contributed by atoms with van der Waals surface area (Å²) >= 11 is 0. The van der Waals surface area contributed by atoms with Crippen molar-refractivity contribution >= 4 is 11.6 Å². The lowest BCUT2D eigenvalue weighted by atomic mass is 10.2. The molecule has 0 aromatic heterocycles. The monoisotopic (exact) mass is 247 g/mol. The first-order chi connectivity index (χ1) is 9.34. The zero-order valence-corrected chi connectivity index (χ0v) is 10.5. The third kappa shape index (κ3) is 2.36. The fraction of sp³-hybridized carbons (Fsp3) is 0.118. The van der Waals surface area contributed by atoms with E-state index >= 15 is 0 Å². The minimum atomic E-state index is -0.131. The van der Waals surface area contributed by atoms with Gasteiger partial charge in [0.2, 0.25) is 0 Å². The van der Waals surface area contributed by atoms with Gasteiger partial charge < -0.3 is 4.90 Å². The van der Waals surface area contributed by atoms with Crippen LogP contribution in [0, 0.1) is 11.8 Å². The maximum Gasteiger partial charge on any atom is 0.303 e. The number of benzene rings is 2. The number of rotatable bonds is 0. The van der Waals surface area contributed by atoms with Crippen LogP contribution in [-0.4, -0.2) is 12.5 Å². The van der Waals surface area contributed by atoms with Crippen molar-refractivity contribution in [3.05, 3.63) is 65.7 Å². The number of carbonyl (C=O) groups is 1. The van der Waals surface area contributed by atoms with Gasteiger partial charge in [-0.25, -0.2) is 0 Å². The van der Waals surface area contributed by atoms with Gasteiger partial charge in [0.15, 0.2) is 0 Å². The molecule has 0 saturated carbocycles. The molecule has 92 valence electrons. The molecule has 0 atom stereocenters. The van der Waals surface area contributed by atoms with E-state index in [2.05, 4.69) is 17.9 Å². The van der Waals surface area contributed by atoms with Crippen molar-refractivity contribution < 1.29 is 4.79 Å². The number of amides is 1. The lowest BCUT2D eigenvalue weighted by molar-refractivity contribution is -0.113. The van der Waals surface area contributed by atoms with Crippen LogP contribution in [0.25, 0.3) is 0 Å². The van der Waals surface area contributed by atoms with Crippen molar-refractivity contribution in [3.8, 4) is 11.8 Å². The van der Waals surface area contributed by atoms with Crippen LogP contribution in [0.1, 0.15) is 11.1 Å². The summed E-state index contributed by atoms with van der Waals surface area (Å²) in [6, 6.07) is 17.6. The van der Waals surface area contributed by atoms with Crippen molar-refractivity contribution in [2.45, 2.75) is 6.42 Å². The predicted molar refractivity (Wildman–Crippen MR) is 75.8 cm³/mol. The SMILES string of the molecule is O=C(C#Cc1ccccc1)N1CCc2ccccc21. The van der Waals surface area contributed by atoms with E-state index in [1.54, 1.807) is 4.90 Å². The fourth-order valence-electron chi connectivity index (χ4n) is 2.26. The largest absolute Gasteiger partial charge is 0.303 e. The molecule has 2 aromatic rings. The maximum absolute atomic E-state index is 12.1. The van der Waals surface area contributed by atoms with E-state index in [0.29, 0.717) is 0 Å². The standard InChI is InChI=1S/C17H13NO/c19-17(11-10-14-6-2-1-3-7-14)18-13-12-15-8-4-5-9-16(15)18/h1-9H,12-13H2. The van der Waals surface area contributed by atoms with Crippen LogP contribution in [0.5, 0.6) is 0 Å². The highest BCUT2D eigenvalue weighted by Gasteiger charge is 2.22. The van der Waals surface area contributed by atoms with Crippen LogP contribution in [0.4, 0.5) is 5.69 Å². The molecule has 19 heavy (non-hydrogen) atoms. The summed E-state index contributed by atoms with van der Waals surface area (Å²) in [5.74, 6) is 5.50. The number of anilines is 1. The number of hydrogen-bond donors (Lipinski definition) is 0. The average Bonchev–Trinajstić information content (AvgIpc) is 2.90. The molecular weight excluding hydrogens is 234 g/mol. The first-order valence-corrected chi connectivity index (χ1v) is 6.31. The summed E-state index contributed by atoms with van der Waals surface area (Å²) in [6.45, 7) is 0.724. The summed E-state index contributed by atoms with van der Waals surface area (Å²) in [4.78, 5) is 13.9. The van der Waals surface area contributed by atoms with E-state index < -0.39 is 0 Å². The van der Waals surface area contributed by atoms with E-state index in [4.69, 9.17) is 0 Å². The van der Waals surface area contributed by atoms with Crippen LogP contribution in [0.15, 0.2) is 54.6 Å². The molecule has 0 radical (unpaired) electrons. The molecule has 1 heterocycles. The van der Waals surface area contributed by atoms with Gasteiger partial charge in [0.05, 0.1) is 0 Å². The molecular formula is C17H13NO. The highest BCUT2D eigenvalue weighted by Crippen LogP contribution is 2.27. The molecule has 2 nitrogen and oxygen atoms in total. The van der Waals surface area contributed by atoms with E-state index in [9.17, 15) is 4.79 Å². The van der Waals surface area contributed by atoms with Crippen LogP contribution in [0.3, 0.4) is 0 Å². The molecule has 0 unspecified atom stereocenters. The molecule has 0 N–H and O–H groups in total. The van der Waals surface area contributed by atoms with Crippen molar-refractivity contribution in [3.63, 3.8) is 0 Å². The second-order valence-electron chi connectivity index (χ2n) is 4.45. The summed E-state index contributed by atoms with van der Waals surface area (Å²) in [6.07, 6.45) is 0.912. The number of carbonyl (C=O) groups excluding carboxylic acids is 1. The maximum atomic E-state index is 12.1. The third-order valence-corrected chi connectivity index (χ3v) is 3.22. The Morgan fingerprint density at radius 2 is 1.74 bits per heavy atom. The van der Waals surface area contributed by atoms with E-state index in [0.717, 1.165) is 24.2 Å². The molecule has 1 amide bonds. The Morgan fingerprint density at radius 1 is 1.00 bits per heavy atom. The molecule has 0 fully saturated rings. The van der Waals surface area contributed by atoms with E-state index in [1.807, 2.05) is 48.5 Å². The highest BCUT2D eigenvalue weighted by atomic mass is 16.2. The molecule has 0 saturated heterocycles. The fourth-order valence-corrected chi connectivity index (χ4v) is 2.26. The Morgan fingerprint density at radius 3 is 2.58 bits per heavy atom. The zero-order chi connectivity index (χ0) is 13.1. The minimum Gasteiger partial charge on any atom is -0.301 e. The smallest absolute Gasteiger partial charge is 0.301 e. The van der Waals surface area contributed by atoms with Crippen LogP contribution < -0.4 is 4.90 Å². The number of para-hydroxylation sites is 1. The molecule has 0 bridgehead atoms. The van der Waals surface area contributed by atoms with Crippen molar-refractivity contribution in [1.82, 2.24) is 0 Å². The lowest BCUT2D eigenvalue weighted by Gasteiger charge is -2.13. The summed E-state index contributed by atoms with van der Waals surface area (Å²) in [7, 11) is 0. The van der Waals surface area contributed by atoms with Crippen molar-refractivity contribution in [2.75, 3.05) is 11.4 Å². The second-order valence-corrected chi connectivity index (χ2v) is 4.45. The summed E-state index contributed by atoms with van der Waals surface area (Å²) in [5, 5.41) is 0. The third-order valence-electron chi connectivity index (χ3n) is 3.22. The molecule has 2 heteroatoms. The Kier molecular flexibility index (Phi) is 3.04. The number of nitrogens with zero attached hydrogens (tertiary/aromatic N) is 1. The summed E-state index contributed by atoms with van der Waals surface area (Å²) < 4.78 is 0.